The van der Waals surface area contributed by atoms with Gasteiger partial charge in [0.25, 0.3) is 5.91 Å². The molecule has 0 unspecified atom stereocenters. The Labute approximate surface area is 129 Å². The van der Waals surface area contributed by atoms with Gasteiger partial charge in [0.2, 0.25) is 0 Å². The average Bonchev–Trinajstić information content (AvgIpc) is 3.13. The zero-order valence-corrected chi connectivity index (χ0v) is 12.2. The summed E-state index contributed by atoms with van der Waals surface area (Å²) < 4.78 is 39.5. The number of aromatic nitrogens is 2. The van der Waals surface area contributed by atoms with Crippen molar-refractivity contribution in [2.45, 2.75) is 44.3 Å². The lowest BCUT2D eigenvalue weighted by molar-refractivity contribution is -0.153. The maximum absolute atomic E-state index is 12.8. The van der Waals surface area contributed by atoms with Crippen LogP contribution < -0.4 is 5.32 Å². The van der Waals surface area contributed by atoms with Crippen LogP contribution in [0.1, 0.15) is 54.3 Å². The summed E-state index contributed by atoms with van der Waals surface area (Å²) in [5, 5.41) is 15.2. The van der Waals surface area contributed by atoms with Crippen LogP contribution in [-0.4, -0.2) is 33.3 Å². The Morgan fingerprint density at radius 3 is 2.48 bits per heavy atom. The number of carbonyl (C=O) groups excluding carboxylic acids is 1. The molecule has 0 aliphatic heterocycles. The van der Waals surface area contributed by atoms with Crippen LogP contribution in [0.25, 0.3) is 0 Å². The van der Waals surface area contributed by atoms with Gasteiger partial charge in [0.15, 0.2) is 5.69 Å². The van der Waals surface area contributed by atoms with Crippen LogP contribution in [0.15, 0.2) is 6.07 Å². The summed E-state index contributed by atoms with van der Waals surface area (Å²) in [6.07, 6.45) is -1.58. The Bertz CT molecular complexity index is 645. The van der Waals surface area contributed by atoms with Crippen molar-refractivity contribution in [2.24, 2.45) is 5.41 Å². The van der Waals surface area contributed by atoms with Crippen LogP contribution in [0.5, 0.6) is 0 Å². The molecule has 3 rings (SSSR count). The number of carboxylic acid groups (broad SMARTS) is 1. The van der Waals surface area contributed by atoms with E-state index in [4.69, 9.17) is 0 Å². The van der Waals surface area contributed by atoms with Crippen LogP contribution in [0.4, 0.5) is 13.2 Å². The molecule has 0 bridgehead atoms. The quantitative estimate of drug-likeness (QED) is 0.866. The van der Waals surface area contributed by atoms with Crippen molar-refractivity contribution in [1.29, 1.82) is 0 Å². The molecular formula is C14H16F3N3O3. The molecule has 0 atom stereocenters. The molecule has 2 N–H and O–H groups in total. The monoisotopic (exact) mass is 331 g/mol. The second-order valence-corrected chi connectivity index (χ2v) is 6.21. The molecule has 0 spiro atoms. The second-order valence-electron chi connectivity index (χ2n) is 6.21. The van der Waals surface area contributed by atoms with Crippen molar-refractivity contribution < 1.29 is 27.9 Å². The zero-order valence-electron chi connectivity index (χ0n) is 12.2. The first-order valence-electron chi connectivity index (χ1n) is 7.41. The van der Waals surface area contributed by atoms with E-state index in [0.29, 0.717) is 25.7 Å². The third-order valence-corrected chi connectivity index (χ3v) is 4.50. The van der Waals surface area contributed by atoms with Gasteiger partial charge < -0.3 is 10.4 Å². The molecule has 2 aliphatic carbocycles. The molecule has 9 heteroatoms. The molecule has 6 nitrogen and oxygen atoms in total. The number of nitrogens with zero attached hydrogens (tertiary/aromatic N) is 2. The number of aliphatic carboxylic acids is 1. The minimum Gasteiger partial charge on any atom is -0.481 e. The lowest BCUT2D eigenvalue weighted by atomic mass is 9.69. The third-order valence-electron chi connectivity index (χ3n) is 4.50. The molecule has 2 fully saturated rings. The van der Waals surface area contributed by atoms with E-state index in [-0.39, 0.29) is 18.3 Å². The van der Waals surface area contributed by atoms with Gasteiger partial charge in [-0.15, -0.1) is 0 Å². The van der Waals surface area contributed by atoms with Crippen molar-refractivity contribution in [3.63, 3.8) is 0 Å². The fraction of sp³-hybridized carbons (Fsp3) is 0.643. The standard InChI is InChI=1S/C14H16F3N3O3/c15-14(16,17)10-6-9(20(19-10)8-2-3-8)11(21)18-7-13(12(22)23)4-1-5-13/h6,8H,1-5,7H2,(H,18,21)(H,22,23). The van der Waals surface area contributed by atoms with Gasteiger partial charge in [-0.3, -0.25) is 14.3 Å². The van der Waals surface area contributed by atoms with E-state index in [1.165, 1.54) is 0 Å². The lowest BCUT2D eigenvalue weighted by Gasteiger charge is -2.37. The molecule has 1 aromatic rings. The first-order chi connectivity index (χ1) is 10.7. The zero-order chi connectivity index (χ0) is 16.8. The summed E-state index contributed by atoms with van der Waals surface area (Å²) in [6.45, 7) is -0.0850. The Hall–Kier alpha value is -2.06. The highest BCUT2D eigenvalue weighted by molar-refractivity contribution is 5.93. The lowest BCUT2D eigenvalue weighted by Crippen LogP contribution is -2.47. The van der Waals surface area contributed by atoms with E-state index in [2.05, 4.69) is 10.4 Å². The van der Waals surface area contributed by atoms with Crippen LogP contribution >= 0.6 is 0 Å². The summed E-state index contributed by atoms with van der Waals surface area (Å²) in [5.41, 5.74) is -2.27. The van der Waals surface area contributed by atoms with Crippen LogP contribution in [0, 0.1) is 5.41 Å². The van der Waals surface area contributed by atoms with Gasteiger partial charge in [-0.05, 0) is 25.7 Å². The fourth-order valence-corrected chi connectivity index (χ4v) is 2.71. The van der Waals surface area contributed by atoms with E-state index in [1.807, 2.05) is 0 Å². The predicted molar refractivity (Wildman–Crippen MR) is 71.8 cm³/mol. The fourth-order valence-electron chi connectivity index (χ4n) is 2.71. The number of rotatable bonds is 5. The maximum Gasteiger partial charge on any atom is 0.435 e. The van der Waals surface area contributed by atoms with Crippen LogP contribution in [-0.2, 0) is 11.0 Å². The van der Waals surface area contributed by atoms with E-state index < -0.39 is 29.2 Å². The topological polar surface area (TPSA) is 84.2 Å². The summed E-state index contributed by atoms with van der Waals surface area (Å²) in [5.74, 6) is -1.71. The molecule has 0 aromatic carbocycles. The van der Waals surface area contributed by atoms with E-state index in [9.17, 15) is 27.9 Å². The summed E-state index contributed by atoms with van der Waals surface area (Å²) in [4.78, 5) is 23.5. The molecule has 2 saturated carbocycles. The van der Waals surface area contributed by atoms with Gasteiger partial charge in [-0.25, -0.2) is 0 Å². The van der Waals surface area contributed by atoms with Gasteiger partial charge in [-0.2, -0.15) is 18.3 Å². The highest BCUT2D eigenvalue weighted by Crippen LogP contribution is 2.41. The third kappa shape index (κ3) is 2.91. The van der Waals surface area contributed by atoms with Gasteiger partial charge in [0.1, 0.15) is 5.69 Å². The molecule has 2 aliphatic rings. The number of nitrogens with one attached hydrogen (secondary N) is 1. The first-order valence-corrected chi connectivity index (χ1v) is 7.41. The molecule has 23 heavy (non-hydrogen) atoms. The Balaban J connectivity index is 1.76. The van der Waals surface area contributed by atoms with Gasteiger partial charge in [-0.1, -0.05) is 6.42 Å². The molecule has 1 heterocycles. The molecule has 126 valence electrons. The van der Waals surface area contributed by atoms with E-state index in [0.717, 1.165) is 17.2 Å². The predicted octanol–water partition coefficient (Wildman–Crippen LogP) is 2.22. The summed E-state index contributed by atoms with van der Waals surface area (Å²) in [7, 11) is 0. The SMILES string of the molecule is O=C(NCC1(C(=O)O)CCC1)c1cc(C(F)(F)F)nn1C1CC1. The number of amides is 1. The largest absolute Gasteiger partial charge is 0.481 e. The van der Waals surface area contributed by atoms with Crippen molar-refractivity contribution >= 4 is 11.9 Å². The molecule has 1 amide bonds. The number of carboxylic acids is 1. The molecule has 0 saturated heterocycles. The normalized spacial score (nSPS) is 20.0. The number of alkyl halides is 3. The molecule has 1 aromatic heterocycles. The Morgan fingerprint density at radius 2 is 2.04 bits per heavy atom. The molecular weight excluding hydrogens is 315 g/mol. The highest BCUT2D eigenvalue weighted by Gasteiger charge is 2.45. The smallest absolute Gasteiger partial charge is 0.435 e. The number of hydrogen-bond acceptors (Lipinski definition) is 3. The minimum absolute atomic E-state index is 0.0850. The van der Waals surface area contributed by atoms with Gasteiger partial charge in [0, 0.05) is 12.6 Å². The van der Waals surface area contributed by atoms with Gasteiger partial charge in [0.05, 0.1) is 11.5 Å². The summed E-state index contributed by atoms with van der Waals surface area (Å²) in [6, 6.07) is 0.533. The number of carbonyl (C=O) groups is 2. The van der Waals surface area contributed by atoms with Crippen LogP contribution in [0.3, 0.4) is 0 Å². The number of halogens is 3. The average molecular weight is 331 g/mol. The first kappa shape index (κ1) is 15.8. The van der Waals surface area contributed by atoms with Crippen molar-refractivity contribution in [3.05, 3.63) is 17.5 Å². The molecule has 0 radical (unpaired) electrons. The Kier molecular flexibility index (Phi) is 3.61. The Morgan fingerprint density at radius 1 is 1.39 bits per heavy atom. The van der Waals surface area contributed by atoms with E-state index in [1.54, 1.807) is 0 Å². The maximum atomic E-state index is 12.8. The van der Waals surface area contributed by atoms with E-state index >= 15 is 0 Å². The summed E-state index contributed by atoms with van der Waals surface area (Å²) >= 11 is 0. The van der Waals surface area contributed by atoms with Crippen molar-refractivity contribution in [1.82, 2.24) is 15.1 Å². The highest BCUT2D eigenvalue weighted by atomic mass is 19.4. The van der Waals surface area contributed by atoms with Crippen molar-refractivity contribution in [3.8, 4) is 0 Å². The van der Waals surface area contributed by atoms with Crippen molar-refractivity contribution in [2.75, 3.05) is 6.54 Å². The van der Waals surface area contributed by atoms with Gasteiger partial charge >= 0.3 is 12.1 Å². The number of hydrogen-bond donors (Lipinski definition) is 2. The second kappa shape index (κ2) is 5.24. The van der Waals surface area contributed by atoms with Crippen LogP contribution in [0.2, 0.25) is 0 Å². The minimum atomic E-state index is -4.62.